The van der Waals surface area contributed by atoms with Gasteiger partial charge in [0.1, 0.15) is 23.9 Å². The second-order valence-electron chi connectivity index (χ2n) is 5.15. The van der Waals surface area contributed by atoms with Crippen LogP contribution in [-0.2, 0) is 6.61 Å². The Labute approximate surface area is 163 Å². The van der Waals surface area contributed by atoms with Gasteiger partial charge in [-0.2, -0.15) is 9.78 Å². The Morgan fingerprint density at radius 1 is 1.30 bits per heavy atom. The van der Waals surface area contributed by atoms with Crippen LogP contribution in [0, 0.1) is 0 Å². The van der Waals surface area contributed by atoms with E-state index >= 15 is 0 Å². The van der Waals surface area contributed by atoms with Gasteiger partial charge in [0, 0.05) is 0 Å². The van der Waals surface area contributed by atoms with E-state index in [4.69, 9.17) is 20.8 Å². The zero-order valence-electron chi connectivity index (χ0n) is 14.2. The van der Waals surface area contributed by atoms with Crippen LogP contribution in [-0.4, -0.2) is 26.8 Å². The van der Waals surface area contributed by atoms with Crippen LogP contribution < -0.4 is 4.74 Å². The van der Waals surface area contributed by atoms with Gasteiger partial charge in [-0.3, -0.25) is 0 Å². The standard InChI is InChI=1S/C17H15ClF2N4O2S/c1-2-27-17-23-22-16(15(19)20)24(17)21-9-11-7-8-12(26-11)10-25-14-6-4-3-5-13(14)18/h3-9,15H,2,10H2,1H3/b21-9+. The first-order chi connectivity index (χ1) is 13.1. The lowest BCUT2D eigenvalue weighted by Gasteiger charge is -2.05. The summed E-state index contributed by atoms with van der Waals surface area (Å²) in [5.41, 5.74) is 0. The molecule has 6 nitrogen and oxygen atoms in total. The molecule has 2 aromatic heterocycles. The summed E-state index contributed by atoms with van der Waals surface area (Å²) in [5.74, 6) is 1.60. The highest BCUT2D eigenvalue weighted by atomic mass is 35.5. The molecule has 3 rings (SSSR count). The van der Waals surface area contributed by atoms with Crippen molar-refractivity contribution in [3.05, 3.63) is 58.8 Å². The van der Waals surface area contributed by atoms with E-state index in [1.807, 2.05) is 13.0 Å². The average Bonchev–Trinajstić information content (AvgIpc) is 3.26. The van der Waals surface area contributed by atoms with E-state index in [0.29, 0.717) is 28.0 Å². The zero-order valence-corrected chi connectivity index (χ0v) is 15.8. The molecule has 0 N–H and O–H groups in total. The maximum absolute atomic E-state index is 13.0. The molecule has 3 aromatic rings. The first-order valence-electron chi connectivity index (χ1n) is 7.95. The third-order valence-corrected chi connectivity index (χ3v) is 4.41. The van der Waals surface area contributed by atoms with Gasteiger partial charge in [-0.05, 0) is 30.0 Å². The number of ether oxygens (including phenoxy) is 1. The topological polar surface area (TPSA) is 65.4 Å². The quantitative estimate of drug-likeness (QED) is 0.383. The zero-order chi connectivity index (χ0) is 19.2. The fourth-order valence-electron chi connectivity index (χ4n) is 2.11. The molecule has 0 atom stereocenters. The number of hydrogen-bond donors (Lipinski definition) is 0. The molecule has 0 saturated heterocycles. The van der Waals surface area contributed by atoms with Crippen molar-refractivity contribution in [1.29, 1.82) is 0 Å². The third kappa shape index (κ3) is 4.86. The Balaban J connectivity index is 1.70. The number of furan rings is 1. The molecule has 27 heavy (non-hydrogen) atoms. The van der Waals surface area contributed by atoms with Gasteiger partial charge in [0.15, 0.2) is 0 Å². The van der Waals surface area contributed by atoms with Crippen molar-refractivity contribution < 1.29 is 17.9 Å². The maximum atomic E-state index is 13.0. The predicted octanol–water partition coefficient (Wildman–Crippen LogP) is 5.04. The van der Waals surface area contributed by atoms with Crippen LogP contribution in [0.5, 0.6) is 5.75 Å². The molecule has 0 saturated carbocycles. The SMILES string of the molecule is CCSc1nnc(C(F)F)n1/N=C/c1ccc(COc2ccccc2Cl)o1. The maximum Gasteiger partial charge on any atom is 0.299 e. The lowest BCUT2D eigenvalue weighted by atomic mass is 10.3. The number of nitrogens with zero attached hydrogens (tertiary/aromatic N) is 4. The van der Waals surface area contributed by atoms with Crippen molar-refractivity contribution >= 4 is 29.6 Å². The lowest BCUT2D eigenvalue weighted by molar-refractivity contribution is 0.135. The largest absolute Gasteiger partial charge is 0.484 e. The second kappa shape index (κ2) is 9.01. The van der Waals surface area contributed by atoms with Crippen molar-refractivity contribution in [1.82, 2.24) is 14.9 Å². The van der Waals surface area contributed by atoms with Gasteiger partial charge in [-0.15, -0.1) is 10.2 Å². The molecule has 0 aliphatic heterocycles. The number of alkyl halides is 2. The summed E-state index contributed by atoms with van der Waals surface area (Å²) < 4.78 is 38.3. The van der Waals surface area contributed by atoms with Crippen molar-refractivity contribution in [2.45, 2.75) is 25.1 Å². The molecule has 0 fully saturated rings. The van der Waals surface area contributed by atoms with Crippen LogP contribution in [0.25, 0.3) is 0 Å². The molecule has 10 heteroatoms. The Bertz CT molecular complexity index is 929. The first-order valence-corrected chi connectivity index (χ1v) is 9.31. The minimum Gasteiger partial charge on any atom is -0.484 e. The van der Waals surface area contributed by atoms with E-state index in [1.165, 1.54) is 18.0 Å². The number of thioether (sulfide) groups is 1. The van der Waals surface area contributed by atoms with Crippen molar-refractivity contribution in [3.8, 4) is 5.75 Å². The van der Waals surface area contributed by atoms with Crippen LogP contribution >= 0.6 is 23.4 Å². The highest BCUT2D eigenvalue weighted by Gasteiger charge is 2.20. The Morgan fingerprint density at radius 2 is 2.11 bits per heavy atom. The van der Waals surface area contributed by atoms with E-state index in [1.54, 1.807) is 30.3 Å². The van der Waals surface area contributed by atoms with Gasteiger partial charge >= 0.3 is 0 Å². The highest BCUT2D eigenvalue weighted by Crippen LogP contribution is 2.25. The molecule has 0 radical (unpaired) electrons. The molecule has 0 amide bonds. The summed E-state index contributed by atoms with van der Waals surface area (Å²) in [6.45, 7) is 2.05. The molecule has 1 aromatic carbocycles. The van der Waals surface area contributed by atoms with Crippen molar-refractivity contribution in [3.63, 3.8) is 0 Å². The van der Waals surface area contributed by atoms with Crippen LogP contribution in [0.3, 0.4) is 0 Å². The van der Waals surface area contributed by atoms with E-state index in [0.717, 1.165) is 4.68 Å². The van der Waals surface area contributed by atoms with Crippen LogP contribution in [0.1, 0.15) is 30.7 Å². The van der Waals surface area contributed by atoms with E-state index in [9.17, 15) is 8.78 Å². The molecule has 2 heterocycles. The molecule has 0 bridgehead atoms. The molecule has 0 unspecified atom stereocenters. The molecular formula is C17H15ClF2N4O2S. The molecule has 0 aliphatic carbocycles. The number of halogens is 3. The van der Waals surface area contributed by atoms with Gasteiger partial charge in [-0.25, -0.2) is 8.78 Å². The van der Waals surface area contributed by atoms with Crippen LogP contribution in [0.15, 0.2) is 51.1 Å². The summed E-state index contributed by atoms with van der Waals surface area (Å²) in [7, 11) is 0. The summed E-state index contributed by atoms with van der Waals surface area (Å²) in [6, 6.07) is 10.5. The van der Waals surface area contributed by atoms with Crippen LogP contribution in [0.4, 0.5) is 8.78 Å². The van der Waals surface area contributed by atoms with Crippen molar-refractivity contribution in [2.75, 3.05) is 5.75 Å². The van der Waals surface area contributed by atoms with E-state index in [-0.39, 0.29) is 11.8 Å². The van der Waals surface area contributed by atoms with Crippen LogP contribution in [0.2, 0.25) is 5.02 Å². The minimum absolute atomic E-state index is 0.170. The normalized spacial score (nSPS) is 11.6. The molecule has 142 valence electrons. The number of para-hydroxylation sites is 1. The van der Waals surface area contributed by atoms with E-state index in [2.05, 4.69) is 15.3 Å². The van der Waals surface area contributed by atoms with E-state index < -0.39 is 12.2 Å². The Morgan fingerprint density at radius 3 is 2.85 bits per heavy atom. The number of benzene rings is 1. The summed E-state index contributed by atoms with van der Waals surface area (Å²) in [5, 5.41) is 12.0. The Hall–Kier alpha value is -2.39. The smallest absolute Gasteiger partial charge is 0.299 e. The third-order valence-electron chi connectivity index (χ3n) is 3.29. The fraction of sp³-hybridized carbons (Fsp3) is 0.235. The van der Waals surface area contributed by atoms with Gasteiger partial charge in [0.25, 0.3) is 6.43 Å². The van der Waals surface area contributed by atoms with Gasteiger partial charge in [0.05, 0.1) is 11.2 Å². The first kappa shape index (κ1) is 19.4. The monoisotopic (exact) mass is 412 g/mol. The summed E-state index contributed by atoms with van der Waals surface area (Å²) in [6.07, 6.45) is -1.45. The van der Waals surface area contributed by atoms with Gasteiger partial charge in [0.2, 0.25) is 11.0 Å². The van der Waals surface area contributed by atoms with Crippen molar-refractivity contribution in [2.24, 2.45) is 5.10 Å². The van der Waals surface area contributed by atoms with Gasteiger partial charge in [-0.1, -0.05) is 42.4 Å². The summed E-state index contributed by atoms with van der Waals surface area (Å²) in [4.78, 5) is 0. The molecule has 0 spiro atoms. The number of aromatic nitrogens is 3. The highest BCUT2D eigenvalue weighted by molar-refractivity contribution is 7.99. The number of rotatable bonds is 8. The minimum atomic E-state index is -2.78. The lowest BCUT2D eigenvalue weighted by Crippen LogP contribution is -2.00. The predicted molar refractivity (Wildman–Crippen MR) is 98.9 cm³/mol. The second-order valence-corrected chi connectivity index (χ2v) is 6.79. The summed E-state index contributed by atoms with van der Waals surface area (Å²) >= 11 is 7.30. The average molecular weight is 413 g/mol. The Kier molecular flexibility index (Phi) is 6.46. The number of hydrogen-bond acceptors (Lipinski definition) is 6. The molecular weight excluding hydrogens is 398 g/mol. The molecule has 0 aliphatic rings. The van der Waals surface area contributed by atoms with Gasteiger partial charge < -0.3 is 9.15 Å². The fourth-order valence-corrected chi connectivity index (χ4v) is 2.92.